The molecule has 4 rings (SSSR count). The van der Waals surface area contributed by atoms with Gasteiger partial charge in [-0.15, -0.1) is 12.1 Å². The molecule has 0 radical (unpaired) electrons. The van der Waals surface area contributed by atoms with E-state index in [0.29, 0.717) is 11.9 Å². The van der Waals surface area contributed by atoms with Gasteiger partial charge in [0.05, 0.1) is 0 Å². The van der Waals surface area contributed by atoms with Crippen molar-refractivity contribution in [3.8, 4) is 22.5 Å². The number of hydrogen-bond donors (Lipinski definition) is 1. The van der Waals surface area contributed by atoms with E-state index in [4.69, 9.17) is 5.73 Å². The van der Waals surface area contributed by atoms with Crippen LogP contribution < -0.4 is 5.73 Å². The van der Waals surface area contributed by atoms with Gasteiger partial charge >= 0.3 is 0 Å². The molecule has 0 spiro atoms. The van der Waals surface area contributed by atoms with E-state index in [1.54, 1.807) is 0 Å². The Labute approximate surface area is 171 Å². The minimum absolute atomic E-state index is 0. The number of aromatic nitrogens is 2. The van der Waals surface area contributed by atoms with Crippen LogP contribution in [-0.4, -0.2) is 9.97 Å². The van der Waals surface area contributed by atoms with Gasteiger partial charge in [-0.05, 0) is 22.7 Å². The molecule has 4 heteroatoms. The van der Waals surface area contributed by atoms with E-state index in [0.717, 1.165) is 22.5 Å². The van der Waals surface area contributed by atoms with E-state index in [9.17, 15) is 0 Å². The summed E-state index contributed by atoms with van der Waals surface area (Å²) in [6.07, 6.45) is 0. The SMILES string of the molecule is CC(C)c1ccc(-c2cc(-[c-]3cccc3)nc(N)n2)cc1.[Fe].[cH-]1[cH-][cH-][cH-][cH-]1. The Morgan fingerprint density at radius 1 is 0.889 bits per heavy atom. The predicted octanol–water partition coefficient (Wildman–Crippen LogP) is 5.64. The van der Waals surface area contributed by atoms with Crippen LogP contribution in [0.25, 0.3) is 22.5 Å². The average molecular weight is 397 g/mol. The van der Waals surface area contributed by atoms with Crippen molar-refractivity contribution in [3.63, 3.8) is 0 Å². The third-order valence-electron chi connectivity index (χ3n) is 4.13. The summed E-state index contributed by atoms with van der Waals surface area (Å²) < 4.78 is 0. The molecule has 3 aromatic carbocycles. The first-order chi connectivity index (χ1) is 12.6. The van der Waals surface area contributed by atoms with Gasteiger partial charge in [0.25, 0.3) is 0 Å². The summed E-state index contributed by atoms with van der Waals surface area (Å²) in [5.74, 6) is 0.825. The Balaban J connectivity index is 0.000000379. The molecule has 0 saturated carbocycles. The van der Waals surface area contributed by atoms with Crippen LogP contribution in [0.1, 0.15) is 25.3 Å². The minimum Gasteiger partial charge on any atom is -0.748 e. The summed E-state index contributed by atoms with van der Waals surface area (Å²) in [7, 11) is 0. The second-order valence-electron chi connectivity index (χ2n) is 6.41. The first-order valence-corrected chi connectivity index (χ1v) is 8.77. The number of rotatable bonds is 3. The Morgan fingerprint density at radius 3 is 1.96 bits per heavy atom. The maximum atomic E-state index is 5.86. The van der Waals surface area contributed by atoms with E-state index < -0.39 is 0 Å². The normalized spacial score (nSPS) is 10.0. The molecule has 0 saturated heterocycles. The van der Waals surface area contributed by atoms with Crippen LogP contribution in [0.3, 0.4) is 0 Å². The first kappa shape index (κ1) is 20.6. The number of nitrogen functional groups attached to an aromatic ring is 1. The van der Waals surface area contributed by atoms with Crippen LogP contribution >= 0.6 is 0 Å². The number of nitrogens with zero attached hydrogens (tertiary/aromatic N) is 2. The van der Waals surface area contributed by atoms with Crippen LogP contribution in [0.5, 0.6) is 0 Å². The summed E-state index contributed by atoms with van der Waals surface area (Å²) >= 11 is 0. The molecule has 0 unspecified atom stereocenters. The first-order valence-electron chi connectivity index (χ1n) is 8.77. The topological polar surface area (TPSA) is 51.8 Å². The van der Waals surface area contributed by atoms with Gasteiger partial charge in [-0.2, -0.15) is 12.1 Å². The van der Waals surface area contributed by atoms with Gasteiger partial charge in [-0.3, -0.25) is 0 Å². The van der Waals surface area contributed by atoms with Crippen LogP contribution in [0, 0.1) is 0 Å². The van der Waals surface area contributed by atoms with E-state index in [-0.39, 0.29) is 17.1 Å². The van der Waals surface area contributed by atoms with Crippen molar-refractivity contribution in [2.45, 2.75) is 19.8 Å². The molecular weight excluding hydrogens is 374 g/mol. The Bertz CT molecular complexity index is 892. The smallest absolute Gasteiger partial charge is 0.218 e. The van der Waals surface area contributed by atoms with Crippen molar-refractivity contribution in [2.75, 3.05) is 5.73 Å². The number of anilines is 1. The van der Waals surface area contributed by atoms with Crippen LogP contribution in [0.2, 0.25) is 0 Å². The number of nitrogens with two attached hydrogens (primary N) is 1. The quantitative estimate of drug-likeness (QED) is 0.360. The van der Waals surface area contributed by atoms with Gasteiger partial charge in [-0.1, -0.05) is 49.7 Å². The van der Waals surface area contributed by atoms with E-state index >= 15 is 0 Å². The van der Waals surface area contributed by atoms with Crippen molar-refractivity contribution >= 4 is 5.95 Å². The molecule has 0 fully saturated rings. The summed E-state index contributed by atoms with van der Waals surface area (Å²) in [5.41, 5.74) is 11.0. The monoisotopic (exact) mass is 397 g/mol. The molecule has 2 N–H and O–H groups in total. The van der Waals surface area contributed by atoms with Crippen LogP contribution in [-0.2, 0) is 17.1 Å². The summed E-state index contributed by atoms with van der Waals surface area (Å²) in [4.78, 5) is 8.67. The Hall–Kier alpha value is -2.68. The van der Waals surface area contributed by atoms with Crippen molar-refractivity contribution in [1.82, 2.24) is 9.97 Å². The van der Waals surface area contributed by atoms with E-state index in [2.05, 4.69) is 48.1 Å². The molecule has 0 aliphatic carbocycles. The molecule has 4 aromatic rings. The molecule has 0 aliphatic rings. The van der Waals surface area contributed by atoms with E-state index in [1.807, 2.05) is 60.7 Å². The van der Waals surface area contributed by atoms with Gasteiger partial charge in [0, 0.05) is 22.8 Å². The second kappa shape index (κ2) is 9.86. The molecule has 1 heterocycles. The fourth-order valence-corrected chi connectivity index (χ4v) is 2.67. The third kappa shape index (κ3) is 5.65. The molecule has 1 aromatic heterocycles. The molecule has 0 aliphatic heterocycles. The molecule has 0 amide bonds. The zero-order valence-electron chi connectivity index (χ0n) is 15.5. The van der Waals surface area contributed by atoms with Crippen LogP contribution in [0.4, 0.5) is 5.95 Å². The van der Waals surface area contributed by atoms with Gasteiger partial charge in [0.15, 0.2) is 0 Å². The maximum Gasteiger partial charge on any atom is 0.218 e. The summed E-state index contributed by atoms with van der Waals surface area (Å²) in [6.45, 7) is 4.37. The number of benzene rings is 1. The fourth-order valence-electron chi connectivity index (χ4n) is 2.67. The number of hydrogen-bond acceptors (Lipinski definition) is 3. The zero-order valence-corrected chi connectivity index (χ0v) is 16.6. The van der Waals surface area contributed by atoms with Crippen molar-refractivity contribution in [3.05, 3.63) is 90.5 Å². The van der Waals surface area contributed by atoms with Crippen molar-refractivity contribution in [1.29, 1.82) is 0 Å². The molecule has 0 atom stereocenters. The second-order valence-corrected chi connectivity index (χ2v) is 6.41. The van der Waals surface area contributed by atoms with Crippen molar-refractivity contribution < 1.29 is 17.1 Å². The molecule has 3 nitrogen and oxygen atoms in total. The maximum absolute atomic E-state index is 5.86. The Morgan fingerprint density at radius 2 is 1.44 bits per heavy atom. The molecular formula is C23H23FeN3-6. The Kier molecular flexibility index (Phi) is 7.54. The summed E-state index contributed by atoms with van der Waals surface area (Å²) in [6, 6.07) is 28.5. The molecule has 0 bridgehead atoms. The molecule has 144 valence electrons. The van der Waals surface area contributed by atoms with Gasteiger partial charge in [0.1, 0.15) is 0 Å². The van der Waals surface area contributed by atoms with Crippen LogP contribution in [0.15, 0.2) is 84.9 Å². The molecule has 27 heavy (non-hydrogen) atoms. The summed E-state index contributed by atoms with van der Waals surface area (Å²) in [5, 5.41) is 0. The predicted molar refractivity (Wildman–Crippen MR) is 109 cm³/mol. The zero-order chi connectivity index (χ0) is 18.4. The van der Waals surface area contributed by atoms with Gasteiger partial charge in [-0.25, -0.2) is 9.97 Å². The fraction of sp³-hybridized carbons (Fsp3) is 0.130. The third-order valence-corrected chi connectivity index (χ3v) is 4.13. The minimum atomic E-state index is 0. The van der Waals surface area contributed by atoms with Gasteiger partial charge in [0.2, 0.25) is 5.95 Å². The standard InChI is InChI=1S/C18H18N3.C5H5.Fe/c1-12(2)13-7-9-15(10-8-13)17-11-16(20-18(19)21-17)14-5-3-4-6-14;1-2-4-5-3-1;/h3-12H,1-2H3,(H2,19,20,21);1-5H;/q-1;-5;. The van der Waals surface area contributed by atoms with Gasteiger partial charge < -0.3 is 36.1 Å². The largest absolute Gasteiger partial charge is 0.748 e. The van der Waals surface area contributed by atoms with Crippen molar-refractivity contribution in [2.24, 2.45) is 0 Å². The van der Waals surface area contributed by atoms with E-state index in [1.165, 1.54) is 5.56 Å². The average Bonchev–Trinajstić information content (AvgIpc) is 3.37.